The summed E-state index contributed by atoms with van der Waals surface area (Å²) in [5.74, 6) is 0.980. The Hall–Kier alpha value is -3.13. The zero-order valence-electron chi connectivity index (χ0n) is 21.9. The van der Waals surface area contributed by atoms with Crippen LogP contribution in [0.2, 0.25) is 0 Å². The lowest BCUT2D eigenvalue weighted by Gasteiger charge is -2.33. The maximum absolute atomic E-state index is 13.1. The molecule has 0 saturated carbocycles. The van der Waals surface area contributed by atoms with Crippen molar-refractivity contribution in [2.75, 3.05) is 11.1 Å². The fraction of sp³-hybridized carbons (Fsp3) is 0.310. The van der Waals surface area contributed by atoms with Crippen LogP contribution in [-0.2, 0) is 17.6 Å². The minimum absolute atomic E-state index is 0.0801. The molecule has 1 amide bonds. The van der Waals surface area contributed by atoms with Crippen molar-refractivity contribution < 1.29 is 9.90 Å². The summed E-state index contributed by atoms with van der Waals surface area (Å²) >= 11 is 6.24. The number of nitrogens with one attached hydrogen (secondary N) is 1. The van der Waals surface area contributed by atoms with Crippen molar-refractivity contribution in [3.05, 3.63) is 69.0 Å². The molecule has 5 rings (SSSR count). The standard InChI is InChI=1S/C29H28BrN5O2S2/c1-29(2,3)17-9-11-20-22(15-31)27(39-24(20)13-17)32-25(37)16-38-28-34-33-26(21-14-18(30)10-12-23(21)36)35(28)19-7-5-4-6-8-19/h4-8,10,12,14,17,36H,9,11,13,16H2,1-3H3,(H,32,37)/t17-/m0/s1. The first-order chi connectivity index (χ1) is 18.7. The Morgan fingerprint density at radius 1 is 1.26 bits per heavy atom. The van der Waals surface area contributed by atoms with E-state index in [4.69, 9.17) is 0 Å². The SMILES string of the molecule is CC(C)(C)[C@H]1CCc2c(sc(NC(=O)CSc3nnc(-c4cc(Br)ccc4O)n3-c3ccccc3)c2C#N)C1. The second-order valence-electron chi connectivity index (χ2n) is 10.6. The Morgan fingerprint density at radius 3 is 2.74 bits per heavy atom. The number of para-hydroxylation sites is 1. The number of phenols is 1. The van der Waals surface area contributed by atoms with E-state index in [0.717, 1.165) is 35.0 Å². The highest BCUT2D eigenvalue weighted by atomic mass is 79.9. The number of thioether (sulfide) groups is 1. The number of nitriles is 1. The topological polar surface area (TPSA) is 104 Å². The van der Waals surface area contributed by atoms with Crippen molar-refractivity contribution in [1.29, 1.82) is 5.26 Å². The van der Waals surface area contributed by atoms with Gasteiger partial charge >= 0.3 is 0 Å². The van der Waals surface area contributed by atoms with Gasteiger partial charge in [0.25, 0.3) is 0 Å². The van der Waals surface area contributed by atoms with Crippen LogP contribution in [-0.4, -0.2) is 31.5 Å². The molecule has 0 saturated heterocycles. The first-order valence-corrected chi connectivity index (χ1v) is 15.2. The number of carbonyl (C=O) groups excluding carboxylic acids is 1. The Labute approximate surface area is 244 Å². The largest absolute Gasteiger partial charge is 0.507 e. The predicted octanol–water partition coefficient (Wildman–Crippen LogP) is 7.22. The summed E-state index contributed by atoms with van der Waals surface area (Å²) in [6.45, 7) is 6.79. The van der Waals surface area contributed by atoms with Crippen molar-refractivity contribution in [2.24, 2.45) is 11.3 Å². The van der Waals surface area contributed by atoms with Gasteiger partial charge in [0, 0.05) is 15.0 Å². The molecule has 2 heterocycles. The van der Waals surface area contributed by atoms with Crippen LogP contribution in [0.5, 0.6) is 5.75 Å². The molecule has 1 aliphatic carbocycles. The van der Waals surface area contributed by atoms with Crippen LogP contribution >= 0.6 is 39.0 Å². The second kappa shape index (κ2) is 11.2. The Kier molecular flexibility index (Phi) is 7.85. The highest BCUT2D eigenvalue weighted by Gasteiger charge is 2.32. The molecule has 0 spiro atoms. The van der Waals surface area contributed by atoms with Crippen LogP contribution in [0.15, 0.2) is 58.2 Å². The molecular weight excluding hydrogens is 594 g/mol. The van der Waals surface area contributed by atoms with Gasteiger partial charge in [0.2, 0.25) is 5.91 Å². The van der Waals surface area contributed by atoms with Crippen LogP contribution in [0.4, 0.5) is 5.00 Å². The normalized spacial score (nSPS) is 15.0. The quantitative estimate of drug-likeness (QED) is 0.220. The highest BCUT2D eigenvalue weighted by Crippen LogP contribution is 2.44. The number of rotatable bonds is 6. The van der Waals surface area contributed by atoms with E-state index in [1.165, 1.54) is 28.0 Å². The molecule has 0 unspecified atom stereocenters. The van der Waals surface area contributed by atoms with Gasteiger partial charge in [-0.25, -0.2) is 0 Å². The van der Waals surface area contributed by atoms with E-state index < -0.39 is 0 Å². The zero-order chi connectivity index (χ0) is 27.7. The van der Waals surface area contributed by atoms with Gasteiger partial charge < -0.3 is 10.4 Å². The number of hydrogen-bond acceptors (Lipinski definition) is 7. The van der Waals surface area contributed by atoms with Gasteiger partial charge in [0.15, 0.2) is 11.0 Å². The van der Waals surface area contributed by atoms with Crippen LogP contribution in [0.3, 0.4) is 0 Å². The van der Waals surface area contributed by atoms with Crippen LogP contribution in [0.1, 0.15) is 43.2 Å². The van der Waals surface area contributed by atoms with E-state index in [1.54, 1.807) is 18.2 Å². The number of amides is 1. The van der Waals surface area contributed by atoms with Crippen molar-refractivity contribution in [1.82, 2.24) is 14.8 Å². The van der Waals surface area contributed by atoms with E-state index in [1.807, 2.05) is 34.9 Å². The smallest absolute Gasteiger partial charge is 0.235 e. The van der Waals surface area contributed by atoms with Crippen molar-refractivity contribution in [2.45, 2.75) is 45.2 Å². The number of anilines is 1. The van der Waals surface area contributed by atoms with Gasteiger partial charge in [-0.3, -0.25) is 9.36 Å². The van der Waals surface area contributed by atoms with Gasteiger partial charge in [0.1, 0.15) is 16.8 Å². The molecular formula is C29H28BrN5O2S2. The number of thiophene rings is 1. The number of aromatic nitrogens is 3. The number of benzene rings is 2. The summed E-state index contributed by atoms with van der Waals surface area (Å²) < 4.78 is 2.63. The summed E-state index contributed by atoms with van der Waals surface area (Å²) in [4.78, 5) is 14.3. The molecule has 2 aromatic heterocycles. The van der Waals surface area contributed by atoms with E-state index in [0.29, 0.717) is 33.0 Å². The molecule has 0 radical (unpaired) electrons. The van der Waals surface area contributed by atoms with Crippen LogP contribution < -0.4 is 5.32 Å². The minimum atomic E-state index is -0.211. The fourth-order valence-electron chi connectivity index (χ4n) is 4.86. The lowest BCUT2D eigenvalue weighted by molar-refractivity contribution is -0.113. The molecule has 2 N–H and O–H groups in total. The van der Waals surface area contributed by atoms with Crippen LogP contribution in [0.25, 0.3) is 17.1 Å². The number of halogens is 1. The number of aromatic hydroxyl groups is 1. The Morgan fingerprint density at radius 2 is 2.03 bits per heavy atom. The molecule has 4 aromatic rings. The minimum Gasteiger partial charge on any atom is -0.507 e. The van der Waals surface area contributed by atoms with Gasteiger partial charge in [-0.1, -0.05) is 66.7 Å². The summed E-state index contributed by atoms with van der Waals surface area (Å²) in [5.41, 5.74) is 3.22. The monoisotopic (exact) mass is 621 g/mol. The Bertz CT molecular complexity index is 1570. The summed E-state index contributed by atoms with van der Waals surface area (Å²) in [6.07, 6.45) is 2.86. The molecule has 10 heteroatoms. The van der Waals surface area contributed by atoms with Crippen molar-refractivity contribution >= 4 is 49.9 Å². The fourth-order valence-corrected chi connectivity index (χ4v) is 7.27. The average Bonchev–Trinajstić information content (AvgIpc) is 3.49. The lowest BCUT2D eigenvalue weighted by Crippen LogP contribution is -2.26. The molecule has 200 valence electrons. The first kappa shape index (κ1) is 27.4. The highest BCUT2D eigenvalue weighted by molar-refractivity contribution is 9.10. The van der Waals surface area contributed by atoms with E-state index in [2.05, 4.69) is 58.3 Å². The summed E-state index contributed by atoms with van der Waals surface area (Å²) in [5, 5.41) is 33.3. The molecule has 0 fully saturated rings. The van der Waals surface area contributed by atoms with Gasteiger partial charge in [-0.15, -0.1) is 21.5 Å². The first-order valence-electron chi connectivity index (χ1n) is 12.6. The van der Waals surface area contributed by atoms with E-state index in [9.17, 15) is 15.2 Å². The van der Waals surface area contributed by atoms with Gasteiger partial charge in [-0.2, -0.15) is 5.26 Å². The van der Waals surface area contributed by atoms with Crippen LogP contribution in [0, 0.1) is 22.7 Å². The summed E-state index contributed by atoms with van der Waals surface area (Å²) in [6, 6.07) is 17.1. The number of carbonyl (C=O) groups is 1. The second-order valence-corrected chi connectivity index (χ2v) is 13.6. The maximum atomic E-state index is 13.1. The maximum Gasteiger partial charge on any atom is 0.235 e. The third-order valence-corrected chi connectivity index (χ3v) is 9.63. The number of hydrogen-bond donors (Lipinski definition) is 2. The van der Waals surface area contributed by atoms with Crippen molar-refractivity contribution in [3.8, 4) is 28.9 Å². The number of fused-ring (bicyclic) bond motifs is 1. The summed E-state index contributed by atoms with van der Waals surface area (Å²) in [7, 11) is 0. The molecule has 2 aromatic carbocycles. The molecule has 39 heavy (non-hydrogen) atoms. The average molecular weight is 623 g/mol. The van der Waals surface area contributed by atoms with E-state index >= 15 is 0 Å². The van der Waals surface area contributed by atoms with Gasteiger partial charge in [-0.05, 0) is 66.5 Å². The molecule has 1 atom stereocenters. The molecule has 7 nitrogen and oxygen atoms in total. The lowest BCUT2D eigenvalue weighted by atomic mass is 9.72. The molecule has 0 aliphatic heterocycles. The molecule has 1 aliphatic rings. The molecule has 0 bridgehead atoms. The number of phenolic OH excluding ortho intramolecular Hbond substituents is 1. The van der Waals surface area contributed by atoms with Crippen molar-refractivity contribution in [3.63, 3.8) is 0 Å². The van der Waals surface area contributed by atoms with E-state index in [-0.39, 0.29) is 22.8 Å². The predicted molar refractivity (Wildman–Crippen MR) is 160 cm³/mol. The zero-order valence-corrected chi connectivity index (χ0v) is 25.1. The van der Waals surface area contributed by atoms with Gasteiger partial charge in [0.05, 0.1) is 16.9 Å². The third kappa shape index (κ3) is 5.76. The number of nitrogens with zero attached hydrogens (tertiary/aromatic N) is 4. The Balaban J connectivity index is 1.37. The third-order valence-electron chi connectivity index (χ3n) is 7.03.